The number of nitrogens with zero attached hydrogens (tertiary/aromatic N) is 3. The zero-order valence-electron chi connectivity index (χ0n) is 20.4. The van der Waals surface area contributed by atoms with E-state index in [1.54, 1.807) is 0 Å². The summed E-state index contributed by atoms with van der Waals surface area (Å²) in [5, 5.41) is 3.14. The number of ether oxygens (including phenoxy) is 2. The van der Waals surface area contributed by atoms with Crippen molar-refractivity contribution in [2.45, 2.75) is 23.7 Å². The van der Waals surface area contributed by atoms with Crippen molar-refractivity contribution in [3.05, 3.63) is 51.2 Å². The van der Waals surface area contributed by atoms with Gasteiger partial charge < -0.3 is 19.7 Å². The van der Waals surface area contributed by atoms with E-state index in [4.69, 9.17) is 21.1 Å². The minimum Gasteiger partial charge on any atom is -0.382 e. The maximum Gasteiger partial charge on any atom is 0.417 e. The summed E-state index contributed by atoms with van der Waals surface area (Å²) in [6.45, 7) is 2.92. The van der Waals surface area contributed by atoms with Gasteiger partial charge in [0.2, 0.25) is 0 Å². The zero-order chi connectivity index (χ0) is 27.0. The molecular weight excluding hydrogens is 548 g/mol. The van der Waals surface area contributed by atoms with Crippen LogP contribution in [0.1, 0.15) is 5.56 Å². The summed E-state index contributed by atoms with van der Waals surface area (Å²) in [6.07, 6.45) is -5.22. The van der Waals surface area contributed by atoms with Crippen LogP contribution in [0.25, 0.3) is 22.0 Å². The van der Waals surface area contributed by atoms with Gasteiger partial charge in [-0.25, -0.2) is 9.18 Å². The van der Waals surface area contributed by atoms with E-state index < -0.39 is 29.4 Å². The van der Waals surface area contributed by atoms with Crippen molar-refractivity contribution >= 4 is 40.1 Å². The number of hydrogen-bond acceptors (Lipinski definition) is 7. The molecule has 1 aromatic heterocycles. The van der Waals surface area contributed by atoms with Crippen LogP contribution < -0.4 is 15.9 Å². The first-order chi connectivity index (χ1) is 18.2. The number of methoxy groups -OCH3 is 1. The van der Waals surface area contributed by atoms with E-state index in [0.29, 0.717) is 38.3 Å². The van der Waals surface area contributed by atoms with Gasteiger partial charge in [-0.05, 0) is 23.8 Å². The summed E-state index contributed by atoms with van der Waals surface area (Å²) in [6, 6.07) is 4.55. The predicted molar refractivity (Wildman–Crippen MR) is 139 cm³/mol. The molecule has 3 heterocycles. The third-order valence-electron chi connectivity index (χ3n) is 6.57. The highest BCUT2D eigenvalue weighted by Gasteiger charge is 2.38. The summed E-state index contributed by atoms with van der Waals surface area (Å²) in [5.74, 6) is -0.235. The maximum atomic E-state index is 14.6. The second-order valence-electron chi connectivity index (χ2n) is 9.01. The molecule has 204 valence electrons. The van der Waals surface area contributed by atoms with Crippen LogP contribution in [0.15, 0.2) is 34.0 Å². The van der Waals surface area contributed by atoms with Crippen molar-refractivity contribution in [1.82, 2.24) is 14.9 Å². The Morgan fingerprint density at radius 1 is 1.21 bits per heavy atom. The Balaban J connectivity index is 1.82. The number of aromatic nitrogens is 2. The van der Waals surface area contributed by atoms with Crippen LogP contribution in [0.4, 0.5) is 23.4 Å². The monoisotopic (exact) mass is 572 g/mol. The van der Waals surface area contributed by atoms with Crippen LogP contribution in [0.5, 0.6) is 0 Å². The van der Waals surface area contributed by atoms with Crippen LogP contribution in [-0.4, -0.2) is 67.9 Å². The van der Waals surface area contributed by atoms with Crippen molar-refractivity contribution in [1.29, 1.82) is 0 Å². The maximum absolute atomic E-state index is 14.6. The van der Waals surface area contributed by atoms with Gasteiger partial charge >= 0.3 is 11.9 Å². The number of thioether (sulfide) groups is 1. The molecule has 1 saturated heterocycles. The number of hydrogen-bond donors (Lipinski definition) is 1. The first-order valence-corrected chi connectivity index (χ1v) is 13.4. The van der Waals surface area contributed by atoms with Crippen molar-refractivity contribution in [3.8, 4) is 11.1 Å². The van der Waals surface area contributed by atoms with E-state index in [1.165, 1.54) is 35.6 Å². The van der Waals surface area contributed by atoms with Gasteiger partial charge in [0.1, 0.15) is 11.6 Å². The van der Waals surface area contributed by atoms with E-state index in [2.05, 4.69) is 10.3 Å². The second kappa shape index (κ2) is 11.0. The van der Waals surface area contributed by atoms with Crippen LogP contribution in [0.2, 0.25) is 5.02 Å². The van der Waals surface area contributed by atoms with Gasteiger partial charge in [0.25, 0.3) is 0 Å². The van der Waals surface area contributed by atoms with Crippen molar-refractivity contribution < 1.29 is 27.0 Å². The van der Waals surface area contributed by atoms with Gasteiger partial charge in [-0.2, -0.15) is 18.2 Å². The largest absolute Gasteiger partial charge is 0.417 e. The number of rotatable bonds is 6. The Morgan fingerprint density at radius 3 is 2.66 bits per heavy atom. The molecule has 5 rings (SSSR count). The second-order valence-corrected chi connectivity index (χ2v) is 10.5. The highest BCUT2D eigenvalue weighted by Crippen LogP contribution is 2.48. The van der Waals surface area contributed by atoms with E-state index in [9.17, 15) is 22.4 Å². The molecule has 38 heavy (non-hydrogen) atoms. The lowest BCUT2D eigenvalue weighted by atomic mass is 9.96. The zero-order valence-corrected chi connectivity index (χ0v) is 22.0. The fourth-order valence-electron chi connectivity index (χ4n) is 4.81. The number of piperazine rings is 1. The van der Waals surface area contributed by atoms with Gasteiger partial charge in [-0.1, -0.05) is 17.7 Å². The van der Waals surface area contributed by atoms with Crippen molar-refractivity contribution in [2.24, 2.45) is 0 Å². The summed E-state index contributed by atoms with van der Waals surface area (Å²) in [4.78, 5) is 19.8. The molecule has 0 saturated carbocycles. The molecule has 2 aliphatic rings. The van der Waals surface area contributed by atoms with Crippen LogP contribution in [-0.2, 0) is 22.2 Å². The van der Waals surface area contributed by atoms with Gasteiger partial charge in [-0.15, -0.1) is 11.8 Å². The third kappa shape index (κ3) is 5.24. The van der Waals surface area contributed by atoms with Crippen molar-refractivity contribution in [2.75, 3.05) is 57.2 Å². The minimum absolute atomic E-state index is 0.103. The fraction of sp³-hybridized carbons (Fsp3) is 0.440. The molecule has 2 aromatic carbocycles. The van der Waals surface area contributed by atoms with Crippen molar-refractivity contribution in [3.63, 3.8) is 0 Å². The molecule has 0 amide bonds. The topological polar surface area (TPSA) is 68.6 Å². The highest BCUT2D eigenvalue weighted by atomic mass is 35.5. The number of benzene rings is 2. The Kier molecular flexibility index (Phi) is 7.88. The molecule has 7 nitrogen and oxygen atoms in total. The van der Waals surface area contributed by atoms with Gasteiger partial charge in [-0.3, -0.25) is 4.57 Å². The summed E-state index contributed by atoms with van der Waals surface area (Å²) >= 11 is 7.17. The Hall–Kier alpha value is -2.38. The Labute approximate surface area is 225 Å². The molecule has 1 unspecified atom stereocenters. The average molecular weight is 573 g/mol. The van der Waals surface area contributed by atoms with Crippen LogP contribution in [0, 0.1) is 5.82 Å². The minimum atomic E-state index is -4.75. The predicted octanol–water partition coefficient (Wildman–Crippen LogP) is 4.42. The van der Waals surface area contributed by atoms with Gasteiger partial charge in [0.15, 0.2) is 0 Å². The van der Waals surface area contributed by atoms with E-state index >= 15 is 0 Å². The van der Waals surface area contributed by atoms with E-state index in [-0.39, 0.29) is 51.2 Å². The Bertz CT molecular complexity index is 1410. The normalized spacial score (nSPS) is 18.2. The molecule has 0 spiro atoms. The molecule has 1 fully saturated rings. The standard InChI is InChI=1S/C25H25ClF4N4O3S/c1-36-8-9-37-15-12-34-21-16(23(32-24(34)35)33-6-4-31-5-7-33)11-17(25(28,29)30)20(22(21)38-13-15)14-2-3-19(27)18(26)10-14/h2-3,10-11,15,31H,4-9,12-13H2,1H3. The molecule has 13 heteroatoms. The molecule has 0 aliphatic carbocycles. The highest BCUT2D eigenvalue weighted by molar-refractivity contribution is 7.99. The van der Waals surface area contributed by atoms with Gasteiger partial charge in [0.05, 0.1) is 42.0 Å². The third-order valence-corrected chi connectivity index (χ3v) is 8.08. The first kappa shape index (κ1) is 27.2. The number of alkyl halides is 3. The lowest BCUT2D eigenvalue weighted by Gasteiger charge is -2.30. The van der Waals surface area contributed by atoms with E-state index in [1.807, 2.05) is 4.90 Å². The molecule has 1 atom stereocenters. The quantitative estimate of drug-likeness (QED) is 0.346. The number of nitrogens with one attached hydrogen (secondary N) is 1. The molecule has 0 radical (unpaired) electrons. The SMILES string of the molecule is COCCOC1CSc2c(-c3ccc(F)c(Cl)c3)c(C(F)(F)F)cc3c(N4CCNCC4)nc(=O)n(c23)C1. The first-order valence-electron chi connectivity index (χ1n) is 12.0. The fourth-order valence-corrected chi connectivity index (χ4v) is 6.28. The number of anilines is 1. The number of halogens is 5. The summed E-state index contributed by atoms with van der Waals surface area (Å²) in [7, 11) is 1.53. The lowest BCUT2D eigenvalue weighted by molar-refractivity contribution is -0.137. The van der Waals surface area contributed by atoms with Crippen LogP contribution >= 0.6 is 23.4 Å². The van der Waals surface area contributed by atoms with Crippen LogP contribution in [0.3, 0.4) is 0 Å². The molecular formula is C25H25ClF4N4O3S. The molecule has 3 aromatic rings. The summed E-state index contributed by atoms with van der Waals surface area (Å²) in [5.41, 5.74) is -1.17. The smallest absolute Gasteiger partial charge is 0.382 e. The molecule has 1 N–H and O–H groups in total. The van der Waals surface area contributed by atoms with E-state index in [0.717, 1.165) is 12.1 Å². The average Bonchev–Trinajstić information content (AvgIpc) is 3.08. The Morgan fingerprint density at radius 2 is 1.97 bits per heavy atom. The molecule has 2 aliphatic heterocycles. The molecule has 0 bridgehead atoms. The lowest BCUT2D eigenvalue weighted by Crippen LogP contribution is -2.45. The summed E-state index contributed by atoms with van der Waals surface area (Å²) < 4.78 is 70.3. The van der Waals surface area contributed by atoms with Gasteiger partial charge in [0, 0.05) is 54.9 Å².